The SMILES string of the molecule is CCc1ccc(OC(CC)C(=O)NC(C)(C)c2ccc3c(c2)OCO3)c(Cl)c1. The molecule has 1 unspecified atom stereocenters. The zero-order valence-electron chi connectivity index (χ0n) is 16.7. The second-order valence-corrected chi connectivity index (χ2v) is 7.72. The van der Waals surface area contributed by atoms with Gasteiger partial charge in [0.1, 0.15) is 5.75 Å². The number of hydrogen-bond donors (Lipinski definition) is 1. The van der Waals surface area contributed by atoms with Crippen LogP contribution in [0.3, 0.4) is 0 Å². The van der Waals surface area contributed by atoms with E-state index in [1.807, 2.05) is 57.2 Å². The van der Waals surface area contributed by atoms with Crippen molar-refractivity contribution in [3.05, 3.63) is 52.5 Å². The van der Waals surface area contributed by atoms with Crippen molar-refractivity contribution in [3.63, 3.8) is 0 Å². The second kappa shape index (κ2) is 8.31. The number of aryl methyl sites for hydroxylation is 1. The molecule has 150 valence electrons. The number of benzene rings is 2. The molecular weight excluding hydrogens is 378 g/mol. The van der Waals surface area contributed by atoms with Crippen LogP contribution in [0, 0.1) is 0 Å². The normalized spacial score (nSPS) is 13.9. The summed E-state index contributed by atoms with van der Waals surface area (Å²) in [5.41, 5.74) is 1.44. The highest BCUT2D eigenvalue weighted by Crippen LogP contribution is 2.35. The van der Waals surface area contributed by atoms with E-state index in [1.54, 1.807) is 0 Å². The van der Waals surface area contributed by atoms with Crippen LogP contribution in [0.5, 0.6) is 17.2 Å². The summed E-state index contributed by atoms with van der Waals surface area (Å²) in [4.78, 5) is 12.9. The molecule has 2 aromatic rings. The fourth-order valence-electron chi connectivity index (χ4n) is 3.08. The van der Waals surface area contributed by atoms with E-state index in [4.69, 9.17) is 25.8 Å². The Kier molecular flexibility index (Phi) is 6.04. The fraction of sp³-hybridized carbons (Fsp3) is 0.409. The van der Waals surface area contributed by atoms with Gasteiger partial charge in [0.2, 0.25) is 6.79 Å². The van der Waals surface area contributed by atoms with Crippen molar-refractivity contribution in [1.82, 2.24) is 5.32 Å². The Morgan fingerprint density at radius 1 is 1.18 bits per heavy atom. The van der Waals surface area contributed by atoms with Crippen molar-refractivity contribution in [2.24, 2.45) is 0 Å². The summed E-state index contributed by atoms with van der Waals surface area (Å²) < 4.78 is 16.7. The fourth-order valence-corrected chi connectivity index (χ4v) is 3.33. The number of fused-ring (bicyclic) bond motifs is 1. The average Bonchev–Trinajstić information content (AvgIpc) is 3.14. The van der Waals surface area contributed by atoms with Crippen molar-refractivity contribution in [2.75, 3.05) is 6.79 Å². The standard InChI is InChI=1S/C22H26ClNO4/c1-5-14-7-9-18(16(23)11-14)28-17(6-2)21(25)24-22(3,4)15-8-10-19-20(12-15)27-13-26-19/h7-12,17H,5-6,13H2,1-4H3,(H,24,25). The number of carbonyl (C=O) groups excluding carboxylic acids is 1. The highest BCUT2D eigenvalue weighted by atomic mass is 35.5. The molecule has 1 heterocycles. The second-order valence-electron chi connectivity index (χ2n) is 7.32. The van der Waals surface area contributed by atoms with E-state index >= 15 is 0 Å². The van der Waals surface area contributed by atoms with Crippen LogP contribution in [0.1, 0.15) is 45.2 Å². The maximum Gasteiger partial charge on any atom is 0.261 e. The molecule has 1 aliphatic rings. The Morgan fingerprint density at radius 3 is 2.61 bits per heavy atom. The smallest absolute Gasteiger partial charge is 0.261 e. The van der Waals surface area contributed by atoms with E-state index in [-0.39, 0.29) is 12.7 Å². The van der Waals surface area contributed by atoms with Crippen LogP contribution in [0.4, 0.5) is 0 Å². The summed E-state index contributed by atoms with van der Waals surface area (Å²) in [5.74, 6) is 1.72. The molecule has 3 rings (SSSR count). The predicted octanol–water partition coefficient (Wildman–Crippen LogP) is 4.84. The van der Waals surface area contributed by atoms with E-state index < -0.39 is 11.6 Å². The summed E-state index contributed by atoms with van der Waals surface area (Å²) in [7, 11) is 0. The molecule has 1 atom stereocenters. The Balaban J connectivity index is 1.72. The lowest BCUT2D eigenvalue weighted by Crippen LogP contribution is -2.47. The predicted molar refractivity (Wildman–Crippen MR) is 109 cm³/mol. The van der Waals surface area contributed by atoms with Gasteiger partial charge in [0.15, 0.2) is 17.6 Å². The van der Waals surface area contributed by atoms with Gasteiger partial charge in [-0.2, -0.15) is 0 Å². The third-order valence-electron chi connectivity index (χ3n) is 4.87. The number of rotatable bonds is 7. The molecule has 1 N–H and O–H groups in total. The molecular formula is C22H26ClNO4. The number of nitrogens with one attached hydrogen (secondary N) is 1. The zero-order valence-corrected chi connectivity index (χ0v) is 17.4. The molecule has 0 radical (unpaired) electrons. The maximum absolute atomic E-state index is 12.9. The van der Waals surface area contributed by atoms with Gasteiger partial charge in [-0.15, -0.1) is 0 Å². The quantitative estimate of drug-likeness (QED) is 0.718. The summed E-state index contributed by atoms with van der Waals surface area (Å²) >= 11 is 6.31. The first-order chi connectivity index (χ1) is 13.3. The third kappa shape index (κ3) is 4.36. The Morgan fingerprint density at radius 2 is 1.93 bits per heavy atom. The highest BCUT2D eigenvalue weighted by Gasteiger charge is 2.29. The van der Waals surface area contributed by atoms with Gasteiger partial charge >= 0.3 is 0 Å². The van der Waals surface area contributed by atoms with Crippen LogP contribution in [0.25, 0.3) is 0 Å². The Labute approximate surface area is 170 Å². The molecule has 0 spiro atoms. The van der Waals surface area contributed by atoms with E-state index in [0.717, 1.165) is 17.5 Å². The van der Waals surface area contributed by atoms with Crippen molar-refractivity contribution in [3.8, 4) is 17.2 Å². The van der Waals surface area contributed by atoms with Gasteiger partial charge in [-0.25, -0.2) is 0 Å². The number of amides is 1. The lowest BCUT2D eigenvalue weighted by atomic mass is 9.93. The minimum Gasteiger partial charge on any atom is -0.479 e. The third-order valence-corrected chi connectivity index (χ3v) is 5.16. The summed E-state index contributed by atoms with van der Waals surface area (Å²) in [6, 6.07) is 11.3. The highest BCUT2D eigenvalue weighted by molar-refractivity contribution is 6.32. The lowest BCUT2D eigenvalue weighted by Gasteiger charge is -2.29. The summed E-state index contributed by atoms with van der Waals surface area (Å²) in [6.45, 7) is 8.07. The summed E-state index contributed by atoms with van der Waals surface area (Å²) in [5, 5.41) is 3.59. The minimum atomic E-state index is -0.640. The first-order valence-corrected chi connectivity index (χ1v) is 9.89. The van der Waals surface area contributed by atoms with Gasteiger partial charge < -0.3 is 19.5 Å². The number of halogens is 1. The Hall–Kier alpha value is -2.40. The molecule has 2 aromatic carbocycles. The number of carbonyl (C=O) groups is 1. The number of ether oxygens (including phenoxy) is 3. The van der Waals surface area contributed by atoms with E-state index in [9.17, 15) is 4.79 Å². The average molecular weight is 404 g/mol. The Bertz CT molecular complexity index is 866. The summed E-state index contributed by atoms with van der Waals surface area (Å²) in [6.07, 6.45) is 0.773. The minimum absolute atomic E-state index is 0.194. The molecule has 28 heavy (non-hydrogen) atoms. The van der Waals surface area contributed by atoms with Gasteiger partial charge in [0.25, 0.3) is 5.91 Å². The van der Waals surface area contributed by atoms with Crippen LogP contribution in [0.2, 0.25) is 5.02 Å². The first-order valence-electron chi connectivity index (χ1n) is 9.51. The van der Waals surface area contributed by atoms with Gasteiger partial charge in [-0.3, -0.25) is 4.79 Å². The van der Waals surface area contributed by atoms with Crippen molar-refractivity contribution < 1.29 is 19.0 Å². The molecule has 0 saturated heterocycles. The van der Waals surface area contributed by atoms with Gasteiger partial charge in [-0.05, 0) is 62.1 Å². The van der Waals surface area contributed by atoms with Gasteiger partial charge in [0.05, 0.1) is 10.6 Å². The molecule has 0 aromatic heterocycles. The van der Waals surface area contributed by atoms with Crippen LogP contribution >= 0.6 is 11.6 Å². The topological polar surface area (TPSA) is 56.8 Å². The largest absolute Gasteiger partial charge is 0.479 e. The van der Waals surface area contributed by atoms with E-state index in [0.29, 0.717) is 28.7 Å². The molecule has 1 amide bonds. The zero-order chi connectivity index (χ0) is 20.3. The number of hydrogen-bond acceptors (Lipinski definition) is 4. The van der Waals surface area contributed by atoms with Crippen molar-refractivity contribution in [1.29, 1.82) is 0 Å². The molecule has 6 heteroatoms. The first kappa shape index (κ1) is 20.3. The van der Waals surface area contributed by atoms with Crippen LogP contribution in [0.15, 0.2) is 36.4 Å². The van der Waals surface area contributed by atoms with Crippen LogP contribution in [-0.2, 0) is 16.8 Å². The lowest BCUT2D eigenvalue weighted by molar-refractivity contribution is -0.129. The van der Waals surface area contributed by atoms with Crippen molar-refractivity contribution >= 4 is 17.5 Å². The van der Waals surface area contributed by atoms with Gasteiger partial charge in [-0.1, -0.05) is 37.6 Å². The van der Waals surface area contributed by atoms with Crippen molar-refractivity contribution in [2.45, 2.75) is 52.2 Å². The molecule has 5 nitrogen and oxygen atoms in total. The van der Waals surface area contributed by atoms with Crippen LogP contribution < -0.4 is 19.5 Å². The maximum atomic E-state index is 12.9. The van der Waals surface area contributed by atoms with Gasteiger partial charge in [0, 0.05) is 0 Å². The van der Waals surface area contributed by atoms with E-state index in [1.165, 1.54) is 0 Å². The molecule has 0 saturated carbocycles. The molecule has 0 fully saturated rings. The molecule has 0 bridgehead atoms. The molecule has 1 aliphatic heterocycles. The van der Waals surface area contributed by atoms with E-state index in [2.05, 4.69) is 12.2 Å². The van der Waals surface area contributed by atoms with Crippen LogP contribution in [-0.4, -0.2) is 18.8 Å². The monoisotopic (exact) mass is 403 g/mol. The molecule has 0 aliphatic carbocycles.